The highest BCUT2D eigenvalue weighted by molar-refractivity contribution is 7.46. The molecule has 0 spiro atoms. The minimum absolute atomic E-state index is 0.0318. The summed E-state index contributed by atoms with van der Waals surface area (Å²) in [5, 5.41) is 20.7. The van der Waals surface area contributed by atoms with Gasteiger partial charge in [0.25, 0.3) is 0 Å². The number of ketones is 1. The molecule has 4 N–H and O–H groups in total. The molecule has 0 radical (unpaired) electrons. The van der Waals surface area contributed by atoms with Crippen LogP contribution in [-0.2, 0) is 32.9 Å². The van der Waals surface area contributed by atoms with Crippen LogP contribution in [0.25, 0.3) is 0 Å². The Hall–Kier alpha value is -2.14. The molecule has 0 bridgehead atoms. The lowest BCUT2D eigenvalue weighted by Crippen LogP contribution is -2.29. The molecule has 12 heteroatoms. The number of esters is 2. The third-order valence-electron chi connectivity index (χ3n) is 11.0. The first-order chi connectivity index (χ1) is 28.5. The fourth-order valence-corrected chi connectivity index (χ4v) is 7.77. The van der Waals surface area contributed by atoms with Crippen molar-refractivity contribution in [3.63, 3.8) is 0 Å². The van der Waals surface area contributed by atoms with E-state index in [0.29, 0.717) is 32.1 Å². The van der Waals surface area contributed by atoms with Gasteiger partial charge in [-0.15, -0.1) is 0 Å². The highest BCUT2D eigenvalue weighted by atomic mass is 31.2. The van der Waals surface area contributed by atoms with Crippen molar-refractivity contribution in [2.75, 3.05) is 13.2 Å². The Morgan fingerprint density at radius 2 is 1.20 bits per heavy atom. The molecule has 1 rings (SSSR count). The number of phosphoric ester groups is 1. The molecular formula is C47H83O11P. The van der Waals surface area contributed by atoms with Gasteiger partial charge in [-0.25, -0.2) is 4.57 Å². The Balaban J connectivity index is 2.21. The number of unbranched alkanes of at least 4 members (excludes halogenated alkanes) is 20. The first-order valence-corrected chi connectivity index (χ1v) is 24.9. The second kappa shape index (κ2) is 36.5. The number of carbonyl (C=O) groups excluding carboxylic acids is 3. The van der Waals surface area contributed by atoms with E-state index in [0.717, 1.165) is 38.5 Å². The van der Waals surface area contributed by atoms with Gasteiger partial charge in [-0.05, 0) is 57.8 Å². The molecule has 0 heterocycles. The summed E-state index contributed by atoms with van der Waals surface area (Å²) in [7, 11) is -4.82. The van der Waals surface area contributed by atoms with Crippen LogP contribution in [-0.4, -0.2) is 69.2 Å². The van der Waals surface area contributed by atoms with Crippen LogP contribution in [0.3, 0.4) is 0 Å². The molecule has 0 saturated heterocycles. The van der Waals surface area contributed by atoms with Gasteiger partial charge in [0.05, 0.1) is 18.8 Å². The molecule has 5 atom stereocenters. The summed E-state index contributed by atoms with van der Waals surface area (Å²) in [5.41, 5.74) is 0. The van der Waals surface area contributed by atoms with Crippen molar-refractivity contribution in [1.29, 1.82) is 0 Å². The van der Waals surface area contributed by atoms with E-state index in [1.54, 1.807) is 12.2 Å². The molecule has 1 saturated carbocycles. The smallest absolute Gasteiger partial charge is 0.462 e. The summed E-state index contributed by atoms with van der Waals surface area (Å²) in [6.07, 6.45) is 38.0. The van der Waals surface area contributed by atoms with Gasteiger partial charge >= 0.3 is 19.8 Å². The van der Waals surface area contributed by atoms with Gasteiger partial charge in [-0.1, -0.05) is 159 Å². The minimum atomic E-state index is -4.82. The number of Topliss-reactive ketones (excluding diaryl/α,β-unsaturated/α-hetero) is 1. The first kappa shape index (κ1) is 54.9. The molecule has 1 fully saturated rings. The summed E-state index contributed by atoms with van der Waals surface area (Å²) in [6, 6.07) is 0. The zero-order chi connectivity index (χ0) is 43.4. The summed E-state index contributed by atoms with van der Waals surface area (Å²) in [6.45, 7) is 3.37. The van der Waals surface area contributed by atoms with Crippen molar-refractivity contribution in [2.45, 2.75) is 218 Å². The molecule has 0 amide bonds. The van der Waals surface area contributed by atoms with E-state index >= 15 is 0 Å². The number of aliphatic hydroxyl groups excluding tert-OH is 2. The number of hydrogen-bond acceptors (Lipinski definition) is 9. The fraction of sp³-hybridized carbons (Fsp3) is 0.809. The molecule has 11 nitrogen and oxygen atoms in total. The Kier molecular flexibility index (Phi) is 34.0. The van der Waals surface area contributed by atoms with Gasteiger partial charge in [0.15, 0.2) is 6.10 Å². The number of hydrogen-bond donors (Lipinski definition) is 4. The molecule has 342 valence electrons. The number of allylic oxidation sites excluding steroid dienone is 5. The van der Waals surface area contributed by atoms with E-state index in [4.69, 9.17) is 19.3 Å². The topological polar surface area (TPSA) is 177 Å². The third kappa shape index (κ3) is 32.3. The molecule has 0 unspecified atom stereocenters. The molecule has 59 heavy (non-hydrogen) atoms. The van der Waals surface area contributed by atoms with Crippen LogP contribution in [0.15, 0.2) is 36.5 Å². The van der Waals surface area contributed by atoms with Crippen molar-refractivity contribution in [1.82, 2.24) is 0 Å². The van der Waals surface area contributed by atoms with Crippen LogP contribution >= 0.6 is 7.82 Å². The number of rotatable bonds is 39. The Bertz CT molecular complexity index is 1210. The summed E-state index contributed by atoms with van der Waals surface area (Å²) >= 11 is 0. The zero-order valence-corrected chi connectivity index (χ0v) is 37.8. The summed E-state index contributed by atoms with van der Waals surface area (Å²) in [4.78, 5) is 55.6. The SMILES string of the molecule is CCCCCCCC/C=C\CCCCCCCCCCCCCC(=O)O[C@H](COC(=O)CCC/C=C\C[C@H]1[C@@H](O)CC(=O)[C@@H]1/C=C/[C@@H](O)CCCCC)COP(=O)(O)O. The lowest BCUT2D eigenvalue weighted by atomic mass is 9.90. The molecule has 0 aromatic carbocycles. The monoisotopic (exact) mass is 855 g/mol. The molecule has 1 aliphatic carbocycles. The zero-order valence-electron chi connectivity index (χ0n) is 36.9. The summed E-state index contributed by atoms with van der Waals surface area (Å²) < 4.78 is 26.4. The van der Waals surface area contributed by atoms with Crippen LogP contribution < -0.4 is 0 Å². The van der Waals surface area contributed by atoms with Crippen LogP contribution in [0.1, 0.15) is 200 Å². The van der Waals surface area contributed by atoms with Gasteiger partial charge in [-0.2, -0.15) is 0 Å². The van der Waals surface area contributed by atoms with E-state index in [1.165, 1.54) is 96.3 Å². The molecule has 0 aromatic heterocycles. The Morgan fingerprint density at radius 3 is 1.80 bits per heavy atom. The number of aliphatic hydroxyl groups is 2. The minimum Gasteiger partial charge on any atom is -0.462 e. The first-order valence-electron chi connectivity index (χ1n) is 23.4. The second-order valence-corrected chi connectivity index (χ2v) is 17.8. The Morgan fingerprint density at radius 1 is 0.695 bits per heavy atom. The number of carbonyl (C=O) groups is 3. The quantitative estimate of drug-likeness (QED) is 0.0200. The van der Waals surface area contributed by atoms with E-state index in [2.05, 4.69) is 30.5 Å². The second-order valence-electron chi connectivity index (χ2n) is 16.5. The number of ether oxygens (including phenoxy) is 2. The highest BCUT2D eigenvalue weighted by Crippen LogP contribution is 2.36. The van der Waals surface area contributed by atoms with Crippen molar-refractivity contribution in [2.24, 2.45) is 11.8 Å². The maximum atomic E-state index is 12.5. The normalized spacial score (nSPS) is 18.4. The van der Waals surface area contributed by atoms with E-state index in [9.17, 15) is 29.2 Å². The largest absolute Gasteiger partial charge is 0.469 e. The summed E-state index contributed by atoms with van der Waals surface area (Å²) in [5.74, 6) is -1.82. The van der Waals surface area contributed by atoms with Crippen LogP contribution in [0.4, 0.5) is 0 Å². The van der Waals surface area contributed by atoms with Crippen molar-refractivity contribution < 1.29 is 52.9 Å². The average molecular weight is 855 g/mol. The van der Waals surface area contributed by atoms with Crippen molar-refractivity contribution >= 4 is 25.5 Å². The van der Waals surface area contributed by atoms with Gasteiger partial charge in [0.1, 0.15) is 12.4 Å². The predicted octanol–water partition coefficient (Wildman–Crippen LogP) is 11.1. The van der Waals surface area contributed by atoms with Gasteiger partial charge in [-0.3, -0.25) is 18.9 Å². The molecule has 1 aliphatic rings. The number of phosphoric acid groups is 1. The van der Waals surface area contributed by atoms with Crippen LogP contribution in [0, 0.1) is 11.8 Å². The van der Waals surface area contributed by atoms with Crippen LogP contribution in [0.2, 0.25) is 0 Å². The van der Waals surface area contributed by atoms with E-state index in [1.807, 2.05) is 12.2 Å². The lowest BCUT2D eigenvalue weighted by Gasteiger charge is -2.18. The third-order valence-corrected chi connectivity index (χ3v) is 11.5. The lowest BCUT2D eigenvalue weighted by molar-refractivity contribution is -0.161. The average Bonchev–Trinajstić information content (AvgIpc) is 3.47. The standard InChI is InChI=1S/C47H83O11P/c1-3-5-7-8-9-10-11-12-13-14-15-16-17-18-19-20-21-22-23-24-30-34-47(52)58-41(39-57-59(53,54)55)38-56-46(51)33-29-26-25-28-32-42-43(45(50)37-44(42)49)36-35-40(48)31-27-6-4-2/h12-13,25,28,35-36,40-44,48-49H,3-11,14-24,26-27,29-34,37-39H2,1-2H3,(H2,53,54,55)/b13-12-,28-25-,36-35+/t40-,41+,42+,43+,44-/m0/s1. The van der Waals surface area contributed by atoms with Gasteiger partial charge < -0.3 is 29.5 Å². The highest BCUT2D eigenvalue weighted by Gasteiger charge is 2.39. The van der Waals surface area contributed by atoms with Gasteiger partial charge in [0, 0.05) is 31.1 Å². The molecular weight excluding hydrogens is 771 g/mol. The van der Waals surface area contributed by atoms with Crippen molar-refractivity contribution in [3.8, 4) is 0 Å². The van der Waals surface area contributed by atoms with E-state index in [-0.39, 0.29) is 37.6 Å². The Labute approximate surface area is 357 Å². The fourth-order valence-electron chi connectivity index (χ4n) is 7.41. The van der Waals surface area contributed by atoms with Crippen LogP contribution in [0.5, 0.6) is 0 Å². The van der Waals surface area contributed by atoms with Crippen molar-refractivity contribution in [3.05, 3.63) is 36.5 Å². The maximum Gasteiger partial charge on any atom is 0.469 e. The van der Waals surface area contributed by atoms with E-state index < -0.39 is 50.6 Å². The predicted molar refractivity (Wildman–Crippen MR) is 235 cm³/mol. The molecule has 0 aromatic rings. The molecule has 0 aliphatic heterocycles. The maximum absolute atomic E-state index is 12.5. The van der Waals surface area contributed by atoms with Gasteiger partial charge in [0.2, 0.25) is 0 Å².